The van der Waals surface area contributed by atoms with Crippen LogP contribution >= 0.6 is 0 Å². The average molecular weight is 349 g/mol. The normalized spacial score (nSPS) is 13.6. The van der Waals surface area contributed by atoms with Gasteiger partial charge in [-0.1, -0.05) is 31.1 Å². The first-order valence-corrected chi connectivity index (χ1v) is 9.27. The molecule has 1 atom stereocenters. The second-order valence-corrected chi connectivity index (χ2v) is 7.69. The molecule has 0 spiro atoms. The van der Waals surface area contributed by atoms with Gasteiger partial charge in [-0.25, -0.2) is 13.1 Å². The zero-order chi connectivity index (χ0) is 17.2. The van der Waals surface area contributed by atoms with E-state index in [1.807, 2.05) is 26.0 Å². The summed E-state index contributed by atoms with van der Waals surface area (Å²) in [6.45, 7) is 4.26. The summed E-state index contributed by atoms with van der Waals surface area (Å²) in [7, 11) is -3.58. The largest absolute Gasteiger partial charge is 0.356 e. The van der Waals surface area contributed by atoms with Crippen LogP contribution in [0.4, 0.5) is 0 Å². The van der Waals surface area contributed by atoms with Gasteiger partial charge in [-0.15, -0.1) is 0 Å². The number of fused-ring (bicyclic) bond motifs is 1. The Morgan fingerprint density at radius 2 is 1.92 bits per heavy atom. The van der Waals surface area contributed by atoms with Crippen LogP contribution in [0.1, 0.15) is 19.5 Å². The van der Waals surface area contributed by atoms with Crippen molar-refractivity contribution in [2.45, 2.75) is 32.2 Å². The Bertz CT molecular complexity index is 902. The molecular weight excluding hydrogens is 330 g/mol. The third-order valence-corrected chi connectivity index (χ3v) is 5.06. The summed E-state index contributed by atoms with van der Waals surface area (Å²) in [5.74, 6) is -0.153. The molecule has 0 amide bonds. The van der Waals surface area contributed by atoms with Crippen LogP contribution in [0.5, 0.6) is 0 Å². The third-order valence-electron chi connectivity index (χ3n) is 3.74. The molecular formula is C15H19N5O3S. The van der Waals surface area contributed by atoms with Gasteiger partial charge in [0.1, 0.15) is 11.4 Å². The average Bonchev–Trinajstić information content (AvgIpc) is 3.16. The lowest BCUT2D eigenvalue weighted by Gasteiger charge is -2.21. The summed E-state index contributed by atoms with van der Waals surface area (Å²) in [5.41, 5.74) is 0.974. The van der Waals surface area contributed by atoms with Crippen molar-refractivity contribution in [3.8, 4) is 0 Å². The Labute approximate surface area is 139 Å². The number of hydrogen-bond acceptors (Lipinski definition) is 6. The third kappa shape index (κ3) is 3.80. The number of hydrogen-bond donors (Lipinski definition) is 1. The molecule has 0 bridgehead atoms. The Balaban J connectivity index is 1.76. The number of nitrogens with zero attached hydrogens (tertiary/aromatic N) is 4. The van der Waals surface area contributed by atoms with Gasteiger partial charge in [0.2, 0.25) is 10.0 Å². The quantitative estimate of drug-likeness (QED) is 0.694. The van der Waals surface area contributed by atoms with E-state index < -0.39 is 10.0 Å². The fourth-order valence-electron chi connectivity index (χ4n) is 2.39. The van der Waals surface area contributed by atoms with Gasteiger partial charge in [-0.05, 0) is 18.1 Å². The molecule has 0 aliphatic carbocycles. The monoisotopic (exact) mass is 349 g/mol. The minimum Gasteiger partial charge on any atom is -0.356 e. The first kappa shape index (κ1) is 16.6. The van der Waals surface area contributed by atoms with Gasteiger partial charge in [0, 0.05) is 11.4 Å². The van der Waals surface area contributed by atoms with E-state index in [1.54, 1.807) is 24.5 Å². The van der Waals surface area contributed by atoms with Gasteiger partial charge < -0.3 is 4.52 Å². The van der Waals surface area contributed by atoms with E-state index in [4.69, 9.17) is 4.52 Å². The fourth-order valence-corrected chi connectivity index (χ4v) is 3.85. The Kier molecular flexibility index (Phi) is 4.63. The summed E-state index contributed by atoms with van der Waals surface area (Å²) in [4.78, 5) is 1.47. The fraction of sp³-hybridized carbons (Fsp3) is 0.400. The zero-order valence-corrected chi connectivity index (χ0v) is 14.3. The maximum Gasteiger partial charge on any atom is 0.217 e. The van der Waals surface area contributed by atoms with E-state index in [0.717, 1.165) is 0 Å². The molecule has 128 valence electrons. The molecule has 3 rings (SSSR count). The van der Waals surface area contributed by atoms with Gasteiger partial charge in [0.05, 0.1) is 18.9 Å². The van der Waals surface area contributed by atoms with E-state index in [-0.39, 0.29) is 17.7 Å². The number of rotatable bonds is 7. The summed E-state index contributed by atoms with van der Waals surface area (Å²) in [6, 6.07) is 6.87. The van der Waals surface area contributed by atoms with Crippen LogP contribution < -0.4 is 4.72 Å². The second-order valence-electron chi connectivity index (χ2n) is 5.94. The molecule has 9 heteroatoms. The highest BCUT2D eigenvalue weighted by Gasteiger charge is 2.24. The molecule has 24 heavy (non-hydrogen) atoms. The van der Waals surface area contributed by atoms with Crippen molar-refractivity contribution in [1.29, 1.82) is 0 Å². The van der Waals surface area contributed by atoms with Gasteiger partial charge in [-0.2, -0.15) is 15.0 Å². The van der Waals surface area contributed by atoms with Crippen LogP contribution in [0.25, 0.3) is 11.0 Å². The van der Waals surface area contributed by atoms with Crippen LogP contribution in [-0.2, 0) is 22.3 Å². The maximum absolute atomic E-state index is 12.5. The number of aromatic nitrogens is 4. The Morgan fingerprint density at radius 3 is 2.62 bits per heavy atom. The highest BCUT2D eigenvalue weighted by molar-refractivity contribution is 7.88. The van der Waals surface area contributed by atoms with Crippen LogP contribution in [-0.4, -0.2) is 34.6 Å². The molecule has 2 heterocycles. The molecule has 8 nitrogen and oxygen atoms in total. The lowest BCUT2D eigenvalue weighted by atomic mass is 10.1. The van der Waals surface area contributed by atoms with Gasteiger partial charge in [0.15, 0.2) is 5.58 Å². The first-order chi connectivity index (χ1) is 11.4. The van der Waals surface area contributed by atoms with Gasteiger partial charge in [0.25, 0.3) is 0 Å². The molecule has 0 aliphatic rings. The second kappa shape index (κ2) is 6.70. The molecule has 2 aromatic heterocycles. The molecule has 0 saturated heterocycles. The van der Waals surface area contributed by atoms with Crippen molar-refractivity contribution >= 4 is 21.0 Å². The molecule has 0 saturated carbocycles. The minimum atomic E-state index is -3.58. The molecule has 3 aromatic rings. The van der Waals surface area contributed by atoms with Crippen molar-refractivity contribution < 1.29 is 12.9 Å². The Morgan fingerprint density at radius 1 is 1.21 bits per heavy atom. The van der Waals surface area contributed by atoms with Crippen molar-refractivity contribution in [1.82, 2.24) is 24.9 Å². The molecule has 0 fully saturated rings. The van der Waals surface area contributed by atoms with E-state index in [0.29, 0.717) is 23.2 Å². The predicted molar refractivity (Wildman–Crippen MR) is 88.4 cm³/mol. The highest BCUT2D eigenvalue weighted by atomic mass is 32.2. The summed E-state index contributed by atoms with van der Waals surface area (Å²) in [6.07, 6.45) is 3.13. The lowest BCUT2D eigenvalue weighted by Crippen LogP contribution is -2.42. The van der Waals surface area contributed by atoms with Crippen LogP contribution in [0.3, 0.4) is 0 Å². The van der Waals surface area contributed by atoms with Crippen LogP contribution in [0, 0.1) is 5.92 Å². The molecule has 1 N–H and O–H groups in total. The SMILES string of the molecule is CC(C)C(Cn1nccn1)NS(=O)(=O)Cc1noc2ccccc12. The summed E-state index contributed by atoms with van der Waals surface area (Å²) < 4.78 is 33.0. The van der Waals surface area contributed by atoms with E-state index in [1.165, 1.54) is 4.80 Å². The number of para-hydroxylation sites is 1. The Hall–Kier alpha value is -2.26. The summed E-state index contributed by atoms with van der Waals surface area (Å²) in [5, 5.41) is 12.6. The predicted octanol–water partition coefficient (Wildman–Crippen LogP) is 1.56. The number of nitrogens with one attached hydrogen (secondary N) is 1. The number of benzene rings is 1. The zero-order valence-electron chi connectivity index (χ0n) is 13.5. The van der Waals surface area contributed by atoms with Crippen molar-refractivity contribution in [3.63, 3.8) is 0 Å². The van der Waals surface area contributed by atoms with E-state index >= 15 is 0 Å². The van der Waals surface area contributed by atoms with Crippen molar-refractivity contribution in [2.75, 3.05) is 0 Å². The molecule has 1 aromatic carbocycles. The standard InChI is InChI=1S/C15H19N5O3S/c1-11(2)13(9-20-16-7-8-17-20)19-24(21,22)10-14-12-5-3-4-6-15(12)23-18-14/h3-8,11,13,19H,9-10H2,1-2H3. The highest BCUT2D eigenvalue weighted by Crippen LogP contribution is 2.20. The first-order valence-electron chi connectivity index (χ1n) is 7.62. The van der Waals surface area contributed by atoms with E-state index in [9.17, 15) is 8.42 Å². The van der Waals surface area contributed by atoms with Gasteiger partial charge >= 0.3 is 0 Å². The smallest absolute Gasteiger partial charge is 0.217 e. The molecule has 0 aliphatic heterocycles. The lowest BCUT2D eigenvalue weighted by molar-refractivity contribution is 0.361. The maximum atomic E-state index is 12.5. The minimum absolute atomic E-state index is 0.0832. The van der Waals surface area contributed by atoms with Crippen LogP contribution in [0.15, 0.2) is 41.2 Å². The summed E-state index contributed by atoms with van der Waals surface area (Å²) >= 11 is 0. The van der Waals surface area contributed by atoms with Crippen molar-refractivity contribution in [3.05, 3.63) is 42.4 Å². The van der Waals surface area contributed by atoms with Gasteiger partial charge in [-0.3, -0.25) is 0 Å². The topological polar surface area (TPSA) is 103 Å². The van der Waals surface area contributed by atoms with Crippen molar-refractivity contribution in [2.24, 2.45) is 5.92 Å². The van der Waals surface area contributed by atoms with Crippen LogP contribution in [0.2, 0.25) is 0 Å². The van der Waals surface area contributed by atoms with E-state index in [2.05, 4.69) is 20.1 Å². The number of sulfonamides is 1. The molecule has 1 unspecified atom stereocenters. The molecule has 0 radical (unpaired) electrons.